The number of alkyl halides is 1. The van der Waals surface area contributed by atoms with Gasteiger partial charge in [0, 0.05) is 0 Å². The number of ether oxygens (including phenoxy) is 1. The smallest absolute Gasteiger partial charge is 0.241 e. The van der Waals surface area contributed by atoms with Crippen LogP contribution in [0.3, 0.4) is 0 Å². The van der Waals surface area contributed by atoms with Crippen molar-refractivity contribution in [2.75, 3.05) is 11.2 Å². The zero-order chi connectivity index (χ0) is 14.5. The molecule has 1 N–H and O–H groups in total. The Bertz CT molecular complexity index is 623. The predicted molar refractivity (Wildman–Crippen MR) is 75.0 cm³/mol. The Morgan fingerprint density at radius 1 is 1.45 bits per heavy atom. The number of carbonyl (C=O) groups is 1. The Morgan fingerprint density at radius 3 is 2.95 bits per heavy atom. The number of carbonyl (C=O) groups excluding carboxylic acids is 1. The van der Waals surface area contributed by atoms with Gasteiger partial charge in [0.2, 0.25) is 11.0 Å². The van der Waals surface area contributed by atoms with Crippen LogP contribution in [0.5, 0.6) is 5.75 Å². The van der Waals surface area contributed by atoms with Crippen molar-refractivity contribution in [1.29, 1.82) is 0 Å². The molecule has 9 heteroatoms. The monoisotopic (exact) mass is 335 g/mol. The van der Waals surface area contributed by atoms with Gasteiger partial charge in [-0.05, 0) is 18.2 Å². The number of nitrogens with zero attached hydrogens (tertiary/aromatic N) is 2. The summed E-state index contributed by atoms with van der Waals surface area (Å²) in [6, 6.07) is 3.82. The van der Waals surface area contributed by atoms with Crippen LogP contribution in [0.25, 0.3) is 0 Å². The molecule has 1 aromatic heterocycles. The van der Waals surface area contributed by atoms with Crippen molar-refractivity contribution >= 4 is 45.6 Å². The van der Waals surface area contributed by atoms with Crippen molar-refractivity contribution in [3.05, 3.63) is 34.0 Å². The summed E-state index contributed by atoms with van der Waals surface area (Å²) in [7, 11) is 0. The second kappa shape index (κ2) is 6.83. The molecular formula is C11H8Cl2FN3O2S. The molecule has 0 unspecified atom stereocenters. The van der Waals surface area contributed by atoms with E-state index in [2.05, 4.69) is 15.5 Å². The molecule has 0 atom stereocenters. The lowest BCUT2D eigenvalue weighted by Crippen LogP contribution is -2.12. The Kier molecular flexibility index (Phi) is 5.11. The average Bonchev–Trinajstić information content (AvgIpc) is 2.85. The molecule has 0 saturated carbocycles. The highest BCUT2D eigenvalue weighted by Crippen LogP contribution is 2.26. The molecule has 0 bridgehead atoms. The Morgan fingerprint density at radius 2 is 2.25 bits per heavy atom. The first kappa shape index (κ1) is 15.0. The number of hydrogen-bond acceptors (Lipinski definition) is 5. The highest BCUT2D eigenvalue weighted by atomic mass is 35.5. The molecule has 20 heavy (non-hydrogen) atoms. The summed E-state index contributed by atoms with van der Waals surface area (Å²) in [5.41, 5.74) is 0. The predicted octanol–water partition coefficient (Wildman–Crippen LogP) is 3.09. The maximum Gasteiger partial charge on any atom is 0.241 e. The lowest BCUT2D eigenvalue weighted by Gasteiger charge is -2.05. The van der Waals surface area contributed by atoms with Crippen molar-refractivity contribution in [2.24, 2.45) is 0 Å². The first-order valence-electron chi connectivity index (χ1n) is 5.34. The quantitative estimate of drug-likeness (QED) is 0.853. The standard InChI is InChI=1S/C11H8Cl2FN3O2S/c12-4-9(18)15-11-17-16-10(20-11)5-19-8-2-1-6(14)3-7(8)13/h1-3H,4-5H2,(H,15,17,18). The van der Waals surface area contributed by atoms with Crippen molar-refractivity contribution in [3.8, 4) is 5.75 Å². The van der Waals surface area contributed by atoms with Gasteiger partial charge in [-0.15, -0.1) is 21.8 Å². The van der Waals surface area contributed by atoms with Gasteiger partial charge in [-0.1, -0.05) is 22.9 Å². The van der Waals surface area contributed by atoms with E-state index in [0.29, 0.717) is 15.9 Å². The summed E-state index contributed by atoms with van der Waals surface area (Å²) >= 11 is 12.3. The summed E-state index contributed by atoms with van der Waals surface area (Å²) < 4.78 is 18.3. The fraction of sp³-hybridized carbons (Fsp3) is 0.182. The van der Waals surface area contributed by atoms with Gasteiger partial charge in [-0.3, -0.25) is 10.1 Å². The van der Waals surface area contributed by atoms with Crippen LogP contribution in [0.1, 0.15) is 5.01 Å². The van der Waals surface area contributed by atoms with Gasteiger partial charge < -0.3 is 4.74 Å². The summed E-state index contributed by atoms with van der Waals surface area (Å²) in [6.07, 6.45) is 0. The number of aromatic nitrogens is 2. The van der Waals surface area contributed by atoms with Crippen LogP contribution in [0, 0.1) is 5.82 Å². The van der Waals surface area contributed by atoms with E-state index in [1.807, 2.05) is 0 Å². The number of hydrogen-bond donors (Lipinski definition) is 1. The van der Waals surface area contributed by atoms with Crippen molar-refractivity contribution < 1.29 is 13.9 Å². The van der Waals surface area contributed by atoms with Gasteiger partial charge in [-0.25, -0.2) is 4.39 Å². The van der Waals surface area contributed by atoms with Crippen LogP contribution in [0.2, 0.25) is 5.02 Å². The number of halogens is 3. The molecule has 0 aliphatic heterocycles. The first-order chi connectivity index (χ1) is 9.58. The second-order valence-electron chi connectivity index (χ2n) is 3.55. The SMILES string of the molecule is O=C(CCl)Nc1nnc(COc2ccc(F)cc2Cl)s1. The van der Waals surface area contributed by atoms with E-state index >= 15 is 0 Å². The fourth-order valence-corrected chi connectivity index (χ4v) is 2.20. The van der Waals surface area contributed by atoms with E-state index in [0.717, 1.165) is 17.4 Å². The molecule has 106 valence electrons. The van der Waals surface area contributed by atoms with E-state index in [4.69, 9.17) is 27.9 Å². The molecule has 1 amide bonds. The van der Waals surface area contributed by atoms with E-state index in [1.54, 1.807) is 0 Å². The lowest BCUT2D eigenvalue weighted by atomic mass is 10.3. The summed E-state index contributed by atoms with van der Waals surface area (Å²) in [6.45, 7) is 0.111. The Balaban J connectivity index is 1.95. The van der Waals surface area contributed by atoms with E-state index < -0.39 is 5.82 Å². The Hall–Kier alpha value is -1.44. The molecule has 0 radical (unpaired) electrons. The largest absolute Gasteiger partial charge is 0.485 e. The topological polar surface area (TPSA) is 64.1 Å². The molecule has 0 spiro atoms. The Labute approximate surface area is 127 Å². The first-order valence-corrected chi connectivity index (χ1v) is 7.07. The van der Waals surface area contributed by atoms with Gasteiger partial charge >= 0.3 is 0 Å². The second-order valence-corrected chi connectivity index (χ2v) is 5.28. The number of rotatable bonds is 5. The molecule has 0 fully saturated rings. The van der Waals surface area contributed by atoms with Gasteiger partial charge in [0.1, 0.15) is 24.1 Å². The normalized spacial score (nSPS) is 10.3. The average molecular weight is 336 g/mol. The summed E-state index contributed by atoms with van der Waals surface area (Å²) in [5, 5.41) is 11.1. The molecule has 1 heterocycles. The van der Waals surface area contributed by atoms with Crippen LogP contribution in [-0.4, -0.2) is 22.0 Å². The number of nitrogens with one attached hydrogen (secondary N) is 1. The minimum Gasteiger partial charge on any atom is -0.485 e. The maximum atomic E-state index is 12.9. The van der Waals surface area contributed by atoms with Crippen LogP contribution >= 0.6 is 34.5 Å². The molecule has 2 aromatic rings. The molecule has 0 aliphatic carbocycles. The zero-order valence-corrected chi connectivity index (χ0v) is 12.2. The van der Waals surface area contributed by atoms with Crippen LogP contribution < -0.4 is 10.1 Å². The van der Waals surface area contributed by atoms with E-state index in [9.17, 15) is 9.18 Å². The zero-order valence-electron chi connectivity index (χ0n) is 9.90. The maximum absolute atomic E-state index is 12.9. The summed E-state index contributed by atoms with van der Waals surface area (Å²) in [5.74, 6) is -0.618. The lowest BCUT2D eigenvalue weighted by molar-refractivity contribution is -0.113. The third kappa shape index (κ3) is 4.03. The van der Waals surface area contributed by atoms with Crippen LogP contribution in [-0.2, 0) is 11.4 Å². The fourth-order valence-electron chi connectivity index (χ4n) is 1.25. The minimum absolute atomic E-state index is 0.111. The van der Waals surface area contributed by atoms with Gasteiger partial charge in [0.25, 0.3) is 0 Å². The number of anilines is 1. The van der Waals surface area contributed by atoms with Gasteiger partial charge in [-0.2, -0.15) is 0 Å². The van der Waals surface area contributed by atoms with E-state index in [-0.39, 0.29) is 23.4 Å². The third-order valence-electron chi connectivity index (χ3n) is 2.08. The number of benzene rings is 1. The molecule has 0 aliphatic rings. The van der Waals surface area contributed by atoms with Crippen LogP contribution in [0.15, 0.2) is 18.2 Å². The van der Waals surface area contributed by atoms with Gasteiger partial charge in [0.05, 0.1) is 5.02 Å². The highest BCUT2D eigenvalue weighted by Gasteiger charge is 2.09. The van der Waals surface area contributed by atoms with Crippen molar-refractivity contribution in [3.63, 3.8) is 0 Å². The molecule has 2 rings (SSSR count). The molecular weight excluding hydrogens is 328 g/mol. The van der Waals surface area contributed by atoms with Crippen molar-refractivity contribution in [1.82, 2.24) is 10.2 Å². The molecule has 1 aromatic carbocycles. The molecule has 5 nitrogen and oxygen atoms in total. The minimum atomic E-state index is -0.440. The van der Waals surface area contributed by atoms with E-state index in [1.165, 1.54) is 12.1 Å². The third-order valence-corrected chi connectivity index (χ3v) is 3.43. The number of amides is 1. The van der Waals surface area contributed by atoms with Crippen LogP contribution in [0.4, 0.5) is 9.52 Å². The molecule has 0 saturated heterocycles. The van der Waals surface area contributed by atoms with Crippen molar-refractivity contribution in [2.45, 2.75) is 6.61 Å². The van der Waals surface area contributed by atoms with Gasteiger partial charge in [0.15, 0.2) is 5.01 Å². The summed E-state index contributed by atoms with van der Waals surface area (Å²) in [4.78, 5) is 11.1. The highest BCUT2D eigenvalue weighted by molar-refractivity contribution is 7.15.